The molecule has 1 aliphatic rings. The summed E-state index contributed by atoms with van der Waals surface area (Å²) < 4.78 is 0. The number of benzene rings is 1. The molecular formula is C13H15N3O5. The lowest BCUT2D eigenvalue weighted by Gasteiger charge is -2.19. The van der Waals surface area contributed by atoms with Crippen LogP contribution in [0.25, 0.3) is 0 Å². The summed E-state index contributed by atoms with van der Waals surface area (Å²) in [5, 5.41) is 19.9. The third kappa shape index (κ3) is 3.28. The van der Waals surface area contributed by atoms with E-state index in [9.17, 15) is 19.7 Å². The molecule has 1 aromatic rings. The molecule has 0 aliphatic carbocycles. The average molecular weight is 293 g/mol. The van der Waals surface area contributed by atoms with Crippen LogP contribution >= 0.6 is 0 Å². The number of primary amides is 1. The third-order valence-corrected chi connectivity index (χ3v) is 3.55. The van der Waals surface area contributed by atoms with Crippen LogP contribution in [0.1, 0.15) is 23.2 Å². The molecule has 1 unspecified atom stereocenters. The molecular weight excluding hydrogens is 278 g/mol. The summed E-state index contributed by atoms with van der Waals surface area (Å²) >= 11 is 0. The second-order valence-corrected chi connectivity index (χ2v) is 5.02. The lowest BCUT2D eigenvalue weighted by Crippen LogP contribution is -2.22. The van der Waals surface area contributed by atoms with Gasteiger partial charge in [0.05, 0.1) is 4.92 Å². The number of nitrogens with zero attached hydrogens (tertiary/aromatic N) is 2. The number of carboxylic acid groups (broad SMARTS) is 1. The number of carboxylic acids is 1. The predicted molar refractivity (Wildman–Crippen MR) is 74.2 cm³/mol. The summed E-state index contributed by atoms with van der Waals surface area (Å²) in [7, 11) is 0. The molecule has 8 heteroatoms. The summed E-state index contributed by atoms with van der Waals surface area (Å²) in [4.78, 5) is 34.2. The number of carbonyl (C=O) groups is 2. The summed E-state index contributed by atoms with van der Waals surface area (Å²) in [5.74, 6) is -1.60. The predicted octanol–water partition coefficient (Wildman–Crippen LogP) is 0.995. The topological polar surface area (TPSA) is 127 Å². The van der Waals surface area contributed by atoms with Gasteiger partial charge in [-0.3, -0.25) is 19.7 Å². The van der Waals surface area contributed by atoms with Crippen molar-refractivity contribution in [3.05, 3.63) is 33.9 Å². The van der Waals surface area contributed by atoms with E-state index in [4.69, 9.17) is 10.8 Å². The van der Waals surface area contributed by atoms with Crippen molar-refractivity contribution in [2.24, 2.45) is 11.7 Å². The highest BCUT2D eigenvalue weighted by molar-refractivity contribution is 5.94. The number of nitro groups is 1. The van der Waals surface area contributed by atoms with E-state index in [2.05, 4.69) is 0 Å². The lowest BCUT2D eigenvalue weighted by atomic mass is 10.1. The third-order valence-electron chi connectivity index (χ3n) is 3.55. The van der Waals surface area contributed by atoms with E-state index >= 15 is 0 Å². The molecule has 3 N–H and O–H groups in total. The molecule has 0 saturated carbocycles. The van der Waals surface area contributed by atoms with Crippen LogP contribution in [-0.4, -0.2) is 35.0 Å². The van der Waals surface area contributed by atoms with Gasteiger partial charge in [-0.2, -0.15) is 0 Å². The Morgan fingerprint density at radius 3 is 2.76 bits per heavy atom. The second-order valence-electron chi connectivity index (χ2n) is 5.02. The van der Waals surface area contributed by atoms with Gasteiger partial charge in [-0.1, -0.05) is 0 Å². The molecule has 0 radical (unpaired) electrons. The Hall–Kier alpha value is -2.64. The maximum absolute atomic E-state index is 11.2. The van der Waals surface area contributed by atoms with Crippen LogP contribution in [0.15, 0.2) is 18.2 Å². The first-order valence-electron chi connectivity index (χ1n) is 6.43. The fourth-order valence-electron chi connectivity index (χ4n) is 2.55. The van der Waals surface area contributed by atoms with Crippen molar-refractivity contribution in [1.29, 1.82) is 0 Å². The highest BCUT2D eigenvalue weighted by atomic mass is 16.6. The second kappa shape index (κ2) is 5.78. The van der Waals surface area contributed by atoms with Crippen molar-refractivity contribution in [2.45, 2.75) is 12.8 Å². The number of amides is 1. The molecule has 112 valence electrons. The zero-order valence-electron chi connectivity index (χ0n) is 11.2. The van der Waals surface area contributed by atoms with Gasteiger partial charge in [-0.25, -0.2) is 0 Å². The van der Waals surface area contributed by atoms with Gasteiger partial charge in [0.2, 0.25) is 5.91 Å². The van der Waals surface area contributed by atoms with E-state index in [1.165, 1.54) is 18.2 Å². The standard InChI is InChI=1S/C13H15N3O5/c14-13(19)9-1-2-10(16(20)21)11(6-9)15-4-3-8(7-15)5-12(17)18/h1-2,6,8H,3-5,7H2,(H2,14,19)(H,17,18). The van der Waals surface area contributed by atoms with Gasteiger partial charge in [0.25, 0.3) is 5.69 Å². The highest BCUT2D eigenvalue weighted by Gasteiger charge is 2.29. The Kier molecular flexibility index (Phi) is 4.06. The molecule has 0 spiro atoms. The van der Waals surface area contributed by atoms with Crippen molar-refractivity contribution in [1.82, 2.24) is 0 Å². The zero-order chi connectivity index (χ0) is 15.6. The van der Waals surface area contributed by atoms with Gasteiger partial charge in [0.15, 0.2) is 0 Å². The number of aliphatic carboxylic acids is 1. The van der Waals surface area contributed by atoms with Crippen LogP contribution in [-0.2, 0) is 4.79 Å². The fourth-order valence-corrected chi connectivity index (χ4v) is 2.55. The normalized spacial score (nSPS) is 17.7. The Bertz CT molecular complexity index is 601. The molecule has 0 bridgehead atoms. The quantitative estimate of drug-likeness (QED) is 0.615. The summed E-state index contributed by atoms with van der Waals surface area (Å²) in [5.41, 5.74) is 5.58. The number of rotatable bonds is 5. The van der Waals surface area contributed by atoms with Crippen LogP contribution in [0.4, 0.5) is 11.4 Å². The summed E-state index contributed by atoms with van der Waals surface area (Å²) in [6.07, 6.45) is 0.671. The van der Waals surface area contributed by atoms with Crippen LogP contribution in [0.3, 0.4) is 0 Å². The van der Waals surface area contributed by atoms with Crippen LogP contribution in [0.5, 0.6) is 0 Å². The maximum atomic E-state index is 11.2. The zero-order valence-corrected chi connectivity index (χ0v) is 11.2. The van der Waals surface area contributed by atoms with E-state index in [1.54, 1.807) is 4.90 Å². The van der Waals surface area contributed by atoms with Gasteiger partial charge in [-0.15, -0.1) is 0 Å². The van der Waals surface area contributed by atoms with E-state index in [0.717, 1.165) is 0 Å². The molecule has 1 amide bonds. The molecule has 1 atom stereocenters. The van der Waals surface area contributed by atoms with Gasteiger partial charge in [0.1, 0.15) is 5.69 Å². The van der Waals surface area contributed by atoms with Crippen LogP contribution in [0, 0.1) is 16.0 Å². The Morgan fingerprint density at radius 2 is 2.19 bits per heavy atom. The number of nitrogens with two attached hydrogens (primary N) is 1. The lowest BCUT2D eigenvalue weighted by molar-refractivity contribution is -0.384. The van der Waals surface area contributed by atoms with Gasteiger partial charge >= 0.3 is 5.97 Å². The molecule has 0 aromatic heterocycles. The molecule has 1 fully saturated rings. The Labute approximate surface area is 120 Å². The highest BCUT2D eigenvalue weighted by Crippen LogP contribution is 2.33. The first kappa shape index (κ1) is 14.8. The monoisotopic (exact) mass is 293 g/mol. The van der Waals surface area contributed by atoms with Crippen molar-refractivity contribution >= 4 is 23.3 Å². The maximum Gasteiger partial charge on any atom is 0.303 e. The van der Waals surface area contributed by atoms with Gasteiger partial charge in [-0.05, 0) is 24.5 Å². The van der Waals surface area contributed by atoms with Crippen molar-refractivity contribution < 1.29 is 19.6 Å². The molecule has 2 rings (SSSR count). The molecule has 1 saturated heterocycles. The van der Waals surface area contributed by atoms with Crippen LogP contribution in [0.2, 0.25) is 0 Å². The summed E-state index contributed by atoms with van der Waals surface area (Å²) in [6, 6.07) is 3.96. The first-order valence-corrected chi connectivity index (χ1v) is 6.43. The smallest absolute Gasteiger partial charge is 0.303 e. The minimum Gasteiger partial charge on any atom is -0.481 e. The fraction of sp³-hybridized carbons (Fsp3) is 0.385. The number of hydrogen-bond acceptors (Lipinski definition) is 5. The summed E-state index contributed by atoms with van der Waals surface area (Å²) in [6.45, 7) is 0.927. The number of carbonyl (C=O) groups excluding carboxylic acids is 1. The number of anilines is 1. The molecule has 1 aliphatic heterocycles. The van der Waals surface area contributed by atoms with E-state index in [0.29, 0.717) is 25.2 Å². The molecule has 1 aromatic carbocycles. The van der Waals surface area contributed by atoms with Crippen LogP contribution < -0.4 is 10.6 Å². The Morgan fingerprint density at radius 1 is 1.48 bits per heavy atom. The largest absolute Gasteiger partial charge is 0.481 e. The van der Waals surface area contributed by atoms with Crippen molar-refractivity contribution in [2.75, 3.05) is 18.0 Å². The number of nitro benzene ring substituents is 1. The first-order chi connectivity index (χ1) is 9.88. The van der Waals surface area contributed by atoms with Crippen molar-refractivity contribution in [3.8, 4) is 0 Å². The minimum absolute atomic E-state index is 0.0276. The molecule has 8 nitrogen and oxygen atoms in total. The average Bonchev–Trinajstić information content (AvgIpc) is 2.85. The molecule has 21 heavy (non-hydrogen) atoms. The number of hydrogen-bond donors (Lipinski definition) is 2. The van der Waals surface area contributed by atoms with Gasteiger partial charge < -0.3 is 15.7 Å². The van der Waals surface area contributed by atoms with Crippen molar-refractivity contribution in [3.63, 3.8) is 0 Å². The SMILES string of the molecule is NC(=O)c1ccc([N+](=O)[O-])c(N2CCC(CC(=O)O)C2)c1. The Balaban J connectivity index is 2.29. The van der Waals surface area contributed by atoms with E-state index in [1.807, 2.05) is 0 Å². The minimum atomic E-state index is -0.887. The van der Waals surface area contributed by atoms with Gasteiger partial charge in [0, 0.05) is 31.1 Å². The molecule has 1 heterocycles. The van der Waals surface area contributed by atoms with E-state index in [-0.39, 0.29) is 23.6 Å². The van der Waals surface area contributed by atoms with E-state index < -0.39 is 16.8 Å².